The average Bonchev–Trinajstić information content (AvgIpc) is 3.01. The van der Waals surface area contributed by atoms with E-state index in [0.717, 1.165) is 12.5 Å². The third-order valence-corrected chi connectivity index (χ3v) is 3.26. The Hall–Kier alpha value is -1.60. The van der Waals surface area contributed by atoms with Crippen LogP contribution in [-0.4, -0.2) is 43.6 Å². The molecule has 112 valence electrons. The lowest BCUT2D eigenvalue weighted by molar-refractivity contribution is -0.140. The molecule has 7 nitrogen and oxygen atoms in total. The highest BCUT2D eigenvalue weighted by Gasteiger charge is 2.49. The van der Waals surface area contributed by atoms with E-state index >= 15 is 0 Å². The zero-order valence-electron chi connectivity index (χ0n) is 11.8. The van der Waals surface area contributed by atoms with E-state index in [2.05, 4.69) is 15.4 Å². The van der Waals surface area contributed by atoms with Gasteiger partial charge in [0.15, 0.2) is 5.79 Å². The van der Waals surface area contributed by atoms with Gasteiger partial charge in [0.2, 0.25) is 0 Å². The molecule has 1 heterocycles. The smallest absolute Gasteiger partial charge is 0.321 e. The number of ether oxygens (including phenoxy) is 3. The highest BCUT2D eigenvalue weighted by atomic mass is 16.7. The first-order chi connectivity index (χ1) is 9.41. The summed E-state index contributed by atoms with van der Waals surface area (Å²) in [5, 5.41) is 4.92. The molecule has 3 amide bonds. The van der Waals surface area contributed by atoms with Crippen molar-refractivity contribution in [2.24, 2.45) is 5.92 Å². The maximum absolute atomic E-state index is 11.6. The largest absolute Gasteiger partial charge is 0.504 e. The van der Waals surface area contributed by atoms with E-state index < -0.39 is 17.7 Å². The number of rotatable bonds is 4. The van der Waals surface area contributed by atoms with Crippen LogP contribution in [0.4, 0.5) is 4.79 Å². The Balaban J connectivity index is 1.70. The molecule has 7 heteroatoms. The van der Waals surface area contributed by atoms with Crippen LogP contribution in [0.1, 0.15) is 20.3 Å². The Morgan fingerprint density at radius 1 is 1.40 bits per heavy atom. The summed E-state index contributed by atoms with van der Waals surface area (Å²) in [6.07, 6.45) is 3.17. The number of hydrogen-bond donors (Lipinski definition) is 2. The van der Waals surface area contributed by atoms with Crippen LogP contribution in [0, 0.1) is 5.92 Å². The highest BCUT2D eigenvalue weighted by Crippen LogP contribution is 2.40. The molecule has 0 unspecified atom stereocenters. The first-order valence-electron chi connectivity index (χ1n) is 6.54. The third-order valence-electron chi connectivity index (χ3n) is 3.26. The van der Waals surface area contributed by atoms with Gasteiger partial charge in [-0.25, -0.2) is 4.79 Å². The van der Waals surface area contributed by atoms with Crippen LogP contribution < -0.4 is 10.6 Å². The minimum atomic E-state index is -0.555. The quantitative estimate of drug-likeness (QED) is 0.580. The lowest BCUT2D eigenvalue weighted by Crippen LogP contribution is -2.41. The Kier molecular flexibility index (Phi) is 4.29. The molecule has 0 spiro atoms. The predicted molar refractivity (Wildman–Crippen MR) is 69.6 cm³/mol. The van der Waals surface area contributed by atoms with Gasteiger partial charge < -0.3 is 19.5 Å². The molecular weight excluding hydrogens is 264 g/mol. The zero-order chi connectivity index (χ0) is 14.8. The number of imide groups is 1. The molecule has 1 aliphatic heterocycles. The molecule has 1 aliphatic carbocycles. The summed E-state index contributed by atoms with van der Waals surface area (Å²) in [7, 11) is 1.42. The van der Waals surface area contributed by atoms with E-state index in [1.54, 1.807) is 0 Å². The molecule has 1 saturated carbocycles. The molecule has 0 aromatic rings. The second-order valence-corrected chi connectivity index (χ2v) is 5.37. The minimum Gasteiger partial charge on any atom is -0.504 e. The number of nitrogens with one attached hydrogen (secondary N) is 2. The van der Waals surface area contributed by atoms with Crippen LogP contribution in [0.15, 0.2) is 12.3 Å². The SMILES string of the molecule is CO/C=C/C(=O)NC(=O)N[C@@H]1C[C@@H]1[C@@H]1COC(C)(C)O1. The summed E-state index contributed by atoms with van der Waals surface area (Å²) in [6, 6.07) is -0.488. The number of carbonyl (C=O) groups excluding carboxylic acids is 2. The fourth-order valence-electron chi connectivity index (χ4n) is 2.21. The molecule has 1 saturated heterocycles. The van der Waals surface area contributed by atoms with Crippen molar-refractivity contribution in [3.63, 3.8) is 0 Å². The fraction of sp³-hybridized carbons (Fsp3) is 0.692. The molecule has 3 atom stereocenters. The summed E-state index contributed by atoms with van der Waals surface area (Å²) >= 11 is 0. The lowest BCUT2D eigenvalue weighted by atomic mass is 10.2. The van der Waals surface area contributed by atoms with Crippen LogP contribution in [0.5, 0.6) is 0 Å². The number of amides is 3. The van der Waals surface area contributed by atoms with Crippen LogP contribution >= 0.6 is 0 Å². The van der Waals surface area contributed by atoms with Crippen LogP contribution in [0.25, 0.3) is 0 Å². The minimum absolute atomic E-state index is 0.000566. The van der Waals surface area contributed by atoms with E-state index in [1.165, 1.54) is 13.4 Å². The summed E-state index contributed by atoms with van der Waals surface area (Å²) in [5.74, 6) is -0.837. The molecule has 0 radical (unpaired) electrons. The topological polar surface area (TPSA) is 85.9 Å². The summed E-state index contributed by atoms with van der Waals surface area (Å²) in [4.78, 5) is 22.8. The standard InChI is InChI=1S/C13H20N2O5/c1-13(2)19-7-10(20-13)8-6-9(8)14-12(17)15-11(16)4-5-18-3/h4-5,8-10H,6-7H2,1-3H3,(H2,14,15,16,17)/b5-4+/t8-,9+,10-/m0/s1. The van der Waals surface area contributed by atoms with Gasteiger partial charge in [0.1, 0.15) is 0 Å². The maximum atomic E-state index is 11.6. The van der Waals surface area contributed by atoms with Crippen LogP contribution in [-0.2, 0) is 19.0 Å². The summed E-state index contributed by atoms with van der Waals surface area (Å²) in [6.45, 7) is 4.27. The lowest BCUT2D eigenvalue weighted by Gasteiger charge is -2.17. The van der Waals surface area contributed by atoms with Crippen molar-refractivity contribution in [2.75, 3.05) is 13.7 Å². The number of carbonyl (C=O) groups is 2. The second kappa shape index (κ2) is 5.80. The molecule has 2 N–H and O–H groups in total. The molecular formula is C13H20N2O5. The Morgan fingerprint density at radius 2 is 2.15 bits per heavy atom. The Morgan fingerprint density at radius 3 is 2.75 bits per heavy atom. The van der Waals surface area contributed by atoms with Crippen molar-refractivity contribution in [1.29, 1.82) is 0 Å². The third kappa shape index (κ3) is 3.94. The van der Waals surface area contributed by atoms with Crippen molar-refractivity contribution >= 4 is 11.9 Å². The van der Waals surface area contributed by atoms with Crippen molar-refractivity contribution in [3.8, 4) is 0 Å². The van der Waals surface area contributed by atoms with E-state index in [0.29, 0.717) is 6.61 Å². The van der Waals surface area contributed by atoms with Crippen molar-refractivity contribution in [1.82, 2.24) is 10.6 Å². The van der Waals surface area contributed by atoms with Crippen molar-refractivity contribution in [3.05, 3.63) is 12.3 Å². The van der Waals surface area contributed by atoms with Gasteiger partial charge in [-0.05, 0) is 20.3 Å². The predicted octanol–water partition coefficient (Wildman–Crippen LogP) is 0.512. The van der Waals surface area contributed by atoms with Gasteiger partial charge in [-0.3, -0.25) is 10.1 Å². The molecule has 0 bridgehead atoms. The molecule has 0 aromatic heterocycles. The Labute approximate surface area is 117 Å². The van der Waals surface area contributed by atoms with E-state index in [-0.39, 0.29) is 18.1 Å². The molecule has 2 rings (SSSR count). The normalized spacial score (nSPS) is 31.1. The summed E-state index contributed by atoms with van der Waals surface area (Å²) in [5.41, 5.74) is 0. The molecule has 20 heavy (non-hydrogen) atoms. The summed E-state index contributed by atoms with van der Waals surface area (Å²) < 4.78 is 15.8. The highest BCUT2D eigenvalue weighted by molar-refractivity contribution is 6.00. The van der Waals surface area contributed by atoms with Gasteiger partial charge in [-0.2, -0.15) is 0 Å². The number of hydrogen-bond acceptors (Lipinski definition) is 5. The van der Waals surface area contributed by atoms with Gasteiger partial charge in [0.25, 0.3) is 5.91 Å². The molecule has 2 fully saturated rings. The van der Waals surface area contributed by atoms with Crippen molar-refractivity contribution < 1.29 is 23.8 Å². The monoisotopic (exact) mass is 284 g/mol. The zero-order valence-corrected chi connectivity index (χ0v) is 11.8. The van der Waals surface area contributed by atoms with Gasteiger partial charge in [0, 0.05) is 18.0 Å². The number of methoxy groups -OCH3 is 1. The molecule has 0 aromatic carbocycles. The molecule has 2 aliphatic rings. The fourth-order valence-corrected chi connectivity index (χ4v) is 2.21. The van der Waals surface area contributed by atoms with Crippen LogP contribution in [0.2, 0.25) is 0 Å². The van der Waals surface area contributed by atoms with Gasteiger partial charge in [-0.15, -0.1) is 0 Å². The first kappa shape index (κ1) is 14.8. The van der Waals surface area contributed by atoms with Gasteiger partial charge in [-0.1, -0.05) is 0 Å². The van der Waals surface area contributed by atoms with Crippen molar-refractivity contribution in [2.45, 2.75) is 38.2 Å². The maximum Gasteiger partial charge on any atom is 0.321 e. The second-order valence-electron chi connectivity index (χ2n) is 5.37. The van der Waals surface area contributed by atoms with E-state index in [1.807, 2.05) is 13.8 Å². The first-order valence-corrected chi connectivity index (χ1v) is 6.54. The number of urea groups is 1. The average molecular weight is 284 g/mol. The van der Waals surface area contributed by atoms with Gasteiger partial charge in [0.05, 0.1) is 26.1 Å². The van der Waals surface area contributed by atoms with Crippen LogP contribution in [0.3, 0.4) is 0 Å². The Bertz CT molecular complexity index is 421. The van der Waals surface area contributed by atoms with E-state index in [4.69, 9.17) is 9.47 Å². The van der Waals surface area contributed by atoms with E-state index in [9.17, 15) is 9.59 Å². The van der Waals surface area contributed by atoms with Gasteiger partial charge >= 0.3 is 6.03 Å².